The smallest absolute Gasteiger partial charge is 0.246 e. The van der Waals surface area contributed by atoms with Gasteiger partial charge in [0.2, 0.25) is 10.0 Å². The Balaban J connectivity index is 2.17. The van der Waals surface area contributed by atoms with Crippen molar-refractivity contribution in [1.82, 2.24) is 4.31 Å². The molecular formula is C15H24ClNO3S. The summed E-state index contributed by atoms with van der Waals surface area (Å²) in [6.07, 6.45) is 1.81. The molecule has 1 aliphatic heterocycles. The van der Waals surface area contributed by atoms with Gasteiger partial charge in [0.15, 0.2) is 0 Å². The molecule has 1 aliphatic rings. The van der Waals surface area contributed by atoms with E-state index >= 15 is 0 Å². The molecule has 2 rings (SSSR count). The van der Waals surface area contributed by atoms with Crippen LogP contribution in [0.25, 0.3) is 0 Å². The molecule has 120 valence electrons. The van der Waals surface area contributed by atoms with E-state index in [9.17, 15) is 8.42 Å². The lowest BCUT2D eigenvalue weighted by Crippen LogP contribution is -2.41. The molecule has 0 aromatic carbocycles. The van der Waals surface area contributed by atoms with Gasteiger partial charge in [-0.05, 0) is 31.1 Å². The molecule has 0 unspecified atom stereocenters. The monoisotopic (exact) mass is 333 g/mol. The molecule has 0 aliphatic carbocycles. The van der Waals surface area contributed by atoms with Gasteiger partial charge in [0.05, 0.1) is 5.88 Å². The van der Waals surface area contributed by atoms with Crippen LogP contribution in [0, 0.1) is 18.3 Å². The number of hydrogen-bond donors (Lipinski definition) is 0. The van der Waals surface area contributed by atoms with Crippen molar-refractivity contribution < 1.29 is 12.8 Å². The van der Waals surface area contributed by atoms with E-state index in [1.807, 2.05) is 0 Å². The first kappa shape index (κ1) is 16.8. The molecule has 1 saturated heterocycles. The minimum Gasteiger partial charge on any atom is -0.464 e. The maximum atomic E-state index is 12.7. The number of aryl methyl sites for hydroxylation is 1. The van der Waals surface area contributed by atoms with E-state index in [1.165, 1.54) is 0 Å². The van der Waals surface area contributed by atoms with E-state index in [-0.39, 0.29) is 16.2 Å². The maximum Gasteiger partial charge on any atom is 0.246 e. The second-order valence-electron chi connectivity index (χ2n) is 6.81. The highest BCUT2D eigenvalue weighted by Gasteiger charge is 2.35. The summed E-state index contributed by atoms with van der Waals surface area (Å²) in [4.78, 5) is 0.257. The number of sulfonamides is 1. The molecule has 0 saturated carbocycles. The van der Waals surface area contributed by atoms with Crippen molar-refractivity contribution in [2.24, 2.45) is 11.3 Å². The minimum atomic E-state index is -3.47. The van der Waals surface area contributed by atoms with Crippen molar-refractivity contribution in [2.45, 2.75) is 51.3 Å². The van der Waals surface area contributed by atoms with Crippen molar-refractivity contribution in [1.29, 1.82) is 0 Å². The Bertz CT molecular complexity index is 593. The molecule has 0 bridgehead atoms. The summed E-state index contributed by atoms with van der Waals surface area (Å²) in [5.74, 6) is 1.66. The van der Waals surface area contributed by atoms with Gasteiger partial charge in [0.25, 0.3) is 0 Å². The molecule has 0 amide bonds. The molecule has 6 heteroatoms. The zero-order chi connectivity index (χ0) is 15.8. The van der Waals surface area contributed by atoms with E-state index < -0.39 is 10.0 Å². The lowest BCUT2D eigenvalue weighted by atomic mass is 9.76. The predicted molar refractivity (Wildman–Crippen MR) is 83.9 cm³/mol. The highest BCUT2D eigenvalue weighted by atomic mass is 35.5. The van der Waals surface area contributed by atoms with Crippen LogP contribution in [0.5, 0.6) is 0 Å². The van der Waals surface area contributed by atoms with E-state index in [0.29, 0.717) is 30.5 Å². The van der Waals surface area contributed by atoms with E-state index in [0.717, 1.165) is 12.8 Å². The fraction of sp³-hybridized carbons (Fsp3) is 0.733. The number of nitrogens with zero attached hydrogens (tertiary/aromatic N) is 1. The van der Waals surface area contributed by atoms with Crippen LogP contribution in [0.4, 0.5) is 0 Å². The van der Waals surface area contributed by atoms with Crippen molar-refractivity contribution in [2.75, 3.05) is 13.1 Å². The zero-order valence-electron chi connectivity index (χ0n) is 13.1. The molecule has 1 aromatic rings. The fourth-order valence-electron chi connectivity index (χ4n) is 2.95. The second kappa shape index (κ2) is 5.94. The Hall–Kier alpha value is -0.520. The van der Waals surface area contributed by atoms with Crippen LogP contribution >= 0.6 is 11.6 Å². The summed E-state index contributed by atoms with van der Waals surface area (Å²) < 4.78 is 32.4. The SMILES string of the molecule is Cc1oc(CCl)cc1S(=O)(=O)N1CCC(C(C)(C)C)CC1. The summed E-state index contributed by atoms with van der Waals surface area (Å²) in [6.45, 7) is 9.47. The minimum absolute atomic E-state index is 0.183. The highest BCUT2D eigenvalue weighted by molar-refractivity contribution is 7.89. The van der Waals surface area contributed by atoms with Crippen LogP contribution in [-0.2, 0) is 15.9 Å². The summed E-state index contributed by atoms with van der Waals surface area (Å²) in [5.41, 5.74) is 0.229. The van der Waals surface area contributed by atoms with Gasteiger partial charge in [0, 0.05) is 19.2 Å². The predicted octanol–water partition coefficient (Wildman–Crippen LogP) is 3.77. The van der Waals surface area contributed by atoms with Gasteiger partial charge in [-0.25, -0.2) is 8.42 Å². The first-order valence-electron chi connectivity index (χ1n) is 7.31. The van der Waals surface area contributed by atoms with Crippen LogP contribution in [-0.4, -0.2) is 25.8 Å². The van der Waals surface area contributed by atoms with Crippen molar-refractivity contribution in [3.8, 4) is 0 Å². The number of furan rings is 1. The third kappa shape index (κ3) is 3.46. The Morgan fingerprint density at radius 1 is 1.33 bits per heavy atom. The van der Waals surface area contributed by atoms with Crippen molar-refractivity contribution in [3.05, 3.63) is 17.6 Å². The lowest BCUT2D eigenvalue weighted by molar-refractivity contribution is 0.154. The highest BCUT2D eigenvalue weighted by Crippen LogP contribution is 2.36. The first-order chi connectivity index (χ1) is 9.66. The van der Waals surface area contributed by atoms with Crippen LogP contribution in [0.15, 0.2) is 15.4 Å². The number of alkyl halides is 1. The molecule has 0 atom stereocenters. The number of rotatable bonds is 3. The molecule has 0 spiro atoms. The quantitative estimate of drug-likeness (QED) is 0.791. The van der Waals surface area contributed by atoms with Crippen LogP contribution in [0.2, 0.25) is 0 Å². The summed E-state index contributed by atoms with van der Waals surface area (Å²) in [6, 6.07) is 1.55. The Labute approximate surface area is 132 Å². The van der Waals surface area contributed by atoms with Gasteiger partial charge < -0.3 is 4.42 Å². The van der Waals surface area contributed by atoms with Crippen LogP contribution in [0.1, 0.15) is 45.1 Å². The summed E-state index contributed by atoms with van der Waals surface area (Å²) >= 11 is 5.72. The van der Waals surface area contributed by atoms with Gasteiger partial charge in [-0.3, -0.25) is 0 Å². The molecule has 2 heterocycles. The number of hydrogen-bond acceptors (Lipinski definition) is 3. The Morgan fingerprint density at radius 2 is 1.90 bits per heavy atom. The summed E-state index contributed by atoms with van der Waals surface area (Å²) in [5, 5.41) is 0. The van der Waals surface area contributed by atoms with Gasteiger partial charge in [0.1, 0.15) is 16.4 Å². The molecule has 1 fully saturated rings. The molecule has 21 heavy (non-hydrogen) atoms. The Morgan fingerprint density at radius 3 is 2.33 bits per heavy atom. The molecule has 0 radical (unpaired) electrons. The average Bonchev–Trinajstić information content (AvgIpc) is 2.80. The second-order valence-corrected chi connectivity index (χ2v) is 8.98. The van der Waals surface area contributed by atoms with Gasteiger partial charge in [-0.1, -0.05) is 20.8 Å². The van der Waals surface area contributed by atoms with Gasteiger partial charge in [-0.2, -0.15) is 4.31 Å². The van der Waals surface area contributed by atoms with Crippen molar-refractivity contribution >= 4 is 21.6 Å². The topological polar surface area (TPSA) is 50.5 Å². The normalized spacial score (nSPS) is 19.1. The zero-order valence-corrected chi connectivity index (χ0v) is 14.7. The van der Waals surface area contributed by atoms with Crippen molar-refractivity contribution in [3.63, 3.8) is 0 Å². The number of halogens is 1. The fourth-order valence-corrected chi connectivity index (χ4v) is 4.73. The van der Waals surface area contributed by atoms with Crippen LogP contribution in [0.3, 0.4) is 0 Å². The lowest BCUT2D eigenvalue weighted by Gasteiger charge is -2.38. The summed E-state index contributed by atoms with van der Waals surface area (Å²) in [7, 11) is -3.47. The number of piperidine rings is 1. The third-order valence-corrected chi connectivity index (χ3v) is 6.62. The van der Waals surface area contributed by atoms with E-state index in [2.05, 4.69) is 20.8 Å². The van der Waals surface area contributed by atoms with Gasteiger partial charge in [-0.15, -0.1) is 11.6 Å². The van der Waals surface area contributed by atoms with E-state index in [1.54, 1.807) is 17.3 Å². The Kier molecular flexibility index (Phi) is 4.76. The first-order valence-corrected chi connectivity index (χ1v) is 9.29. The maximum absolute atomic E-state index is 12.7. The van der Waals surface area contributed by atoms with Gasteiger partial charge >= 0.3 is 0 Å². The third-order valence-electron chi connectivity index (χ3n) is 4.35. The molecular weight excluding hydrogens is 310 g/mol. The molecule has 0 N–H and O–H groups in total. The molecule has 4 nitrogen and oxygen atoms in total. The molecule has 1 aromatic heterocycles. The van der Waals surface area contributed by atoms with E-state index in [4.69, 9.17) is 16.0 Å². The van der Waals surface area contributed by atoms with Crippen LogP contribution < -0.4 is 0 Å². The largest absolute Gasteiger partial charge is 0.464 e. The standard InChI is InChI=1S/C15H24ClNO3S/c1-11-14(9-13(10-16)20-11)21(18,19)17-7-5-12(6-8-17)15(2,3)4/h9,12H,5-8,10H2,1-4H3. The average molecular weight is 334 g/mol.